The van der Waals surface area contributed by atoms with Gasteiger partial charge in [-0.3, -0.25) is 4.79 Å². The highest BCUT2D eigenvalue weighted by Gasteiger charge is 2.34. The van der Waals surface area contributed by atoms with E-state index in [1.807, 2.05) is 6.92 Å². The van der Waals surface area contributed by atoms with Gasteiger partial charge < -0.3 is 5.32 Å². The van der Waals surface area contributed by atoms with Crippen LogP contribution in [0.2, 0.25) is 0 Å². The quantitative estimate of drug-likeness (QED) is 0.871. The summed E-state index contributed by atoms with van der Waals surface area (Å²) in [6, 6.07) is 1.91. The van der Waals surface area contributed by atoms with Crippen LogP contribution in [-0.4, -0.2) is 20.4 Å². The van der Waals surface area contributed by atoms with Crippen molar-refractivity contribution in [3.63, 3.8) is 0 Å². The second-order valence-corrected chi connectivity index (χ2v) is 7.34. The molecule has 1 aliphatic rings. The monoisotopic (exact) mass is 305 g/mol. The molecule has 0 radical (unpaired) electrons. The molecule has 0 heterocycles. The normalized spacial score (nSPS) is 22.1. The van der Waals surface area contributed by atoms with Gasteiger partial charge in [-0.1, -0.05) is 6.92 Å². The molecule has 2 unspecified atom stereocenters. The first-order valence-electron chi connectivity index (χ1n) is 5.76. The molecule has 7 heteroatoms. The number of rotatable bonds is 3. The molecule has 1 amide bonds. The van der Waals surface area contributed by atoms with E-state index in [4.69, 9.17) is 10.7 Å². The van der Waals surface area contributed by atoms with Crippen LogP contribution in [0.25, 0.3) is 0 Å². The Labute approximate surface area is 115 Å². The average Bonchev–Trinajstić information content (AvgIpc) is 2.95. The van der Waals surface area contributed by atoms with Gasteiger partial charge in [0.15, 0.2) is 0 Å². The van der Waals surface area contributed by atoms with Crippen LogP contribution in [0, 0.1) is 18.7 Å². The molecular weight excluding hydrogens is 293 g/mol. The average molecular weight is 306 g/mol. The fourth-order valence-electron chi connectivity index (χ4n) is 1.91. The second-order valence-electron chi connectivity index (χ2n) is 4.81. The van der Waals surface area contributed by atoms with Gasteiger partial charge >= 0.3 is 0 Å². The third kappa shape index (κ3) is 3.06. The summed E-state index contributed by atoms with van der Waals surface area (Å²) in [7, 11) is 1.14. The molecular formula is C12H13ClFNO3S. The van der Waals surface area contributed by atoms with Crippen LogP contribution in [0.15, 0.2) is 17.0 Å². The summed E-state index contributed by atoms with van der Waals surface area (Å²) >= 11 is 0. The van der Waals surface area contributed by atoms with Crippen molar-refractivity contribution in [3.8, 4) is 0 Å². The number of benzene rings is 1. The van der Waals surface area contributed by atoms with E-state index < -0.39 is 20.8 Å². The zero-order chi connectivity index (χ0) is 14.4. The summed E-state index contributed by atoms with van der Waals surface area (Å²) in [5, 5.41) is 2.72. The van der Waals surface area contributed by atoms with E-state index in [1.165, 1.54) is 6.92 Å². The largest absolute Gasteiger partial charge is 0.349 e. The number of hydrogen-bond acceptors (Lipinski definition) is 3. The number of carbonyl (C=O) groups excluding carboxylic acids is 1. The van der Waals surface area contributed by atoms with E-state index in [-0.39, 0.29) is 22.1 Å². The van der Waals surface area contributed by atoms with Crippen molar-refractivity contribution in [1.29, 1.82) is 0 Å². The predicted octanol–water partition coefficient (Wildman–Crippen LogP) is 2.20. The zero-order valence-electron chi connectivity index (χ0n) is 10.4. The summed E-state index contributed by atoms with van der Waals surface area (Å²) in [5.74, 6) is -0.888. The molecule has 2 rings (SSSR count). The summed E-state index contributed by atoms with van der Waals surface area (Å²) in [5.41, 5.74) is 0.153. The lowest BCUT2D eigenvalue weighted by atomic mass is 10.1. The van der Waals surface area contributed by atoms with Gasteiger partial charge in [-0.15, -0.1) is 0 Å². The van der Waals surface area contributed by atoms with Gasteiger partial charge in [0.1, 0.15) is 5.82 Å². The van der Waals surface area contributed by atoms with Crippen molar-refractivity contribution in [2.45, 2.75) is 31.2 Å². The SMILES string of the molecule is Cc1c(C(=O)NC2CC2C)cc(F)cc1S(=O)(=O)Cl. The maximum atomic E-state index is 13.4. The number of halogens is 2. The second kappa shape index (κ2) is 4.76. The number of nitrogens with one attached hydrogen (secondary N) is 1. The third-order valence-electron chi connectivity index (χ3n) is 3.26. The maximum Gasteiger partial charge on any atom is 0.261 e. The molecule has 0 bridgehead atoms. The Morgan fingerprint density at radius 3 is 2.53 bits per heavy atom. The molecule has 104 valence electrons. The van der Waals surface area contributed by atoms with E-state index in [2.05, 4.69) is 5.32 Å². The van der Waals surface area contributed by atoms with Crippen molar-refractivity contribution in [2.24, 2.45) is 5.92 Å². The van der Waals surface area contributed by atoms with Crippen molar-refractivity contribution in [2.75, 3.05) is 0 Å². The molecule has 1 N–H and O–H groups in total. The Morgan fingerprint density at radius 2 is 2.05 bits per heavy atom. The number of carbonyl (C=O) groups is 1. The summed E-state index contributed by atoms with van der Waals surface area (Å²) in [6.07, 6.45) is 0.876. The van der Waals surface area contributed by atoms with E-state index in [9.17, 15) is 17.6 Å². The van der Waals surface area contributed by atoms with Crippen LogP contribution in [0.4, 0.5) is 4.39 Å². The number of hydrogen-bond donors (Lipinski definition) is 1. The van der Waals surface area contributed by atoms with E-state index in [0.29, 0.717) is 5.92 Å². The van der Waals surface area contributed by atoms with Crippen LogP contribution in [0.3, 0.4) is 0 Å². The van der Waals surface area contributed by atoms with Gasteiger partial charge in [0, 0.05) is 22.3 Å². The first-order chi connectivity index (χ1) is 8.70. The van der Waals surface area contributed by atoms with Gasteiger partial charge in [0.2, 0.25) is 0 Å². The fourth-order valence-corrected chi connectivity index (χ4v) is 3.12. The van der Waals surface area contributed by atoms with Crippen molar-refractivity contribution in [3.05, 3.63) is 29.1 Å². The Morgan fingerprint density at radius 1 is 1.47 bits per heavy atom. The minimum atomic E-state index is -4.08. The Kier molecular flexibility index (Phi) is 3.57. The minimum Gasteiger partial charge on any atom is -0.349 e. The highest BCUT2D eigenvalue weighted by atomic mass is 35.7. The molecule has 0 aliphatic heterocycles. The summed E-state index contributed by atoms with van der Waals surface area (Å²) in [4.78, 5) is 11.6. The maximum absolute atomic E-state index is 13.4. The van der Waals surface area contributed by atoms with Crippen LogP contribution in [-0.2, 0) is 9.05 Å². The van der Waals surface area contributed by atoms with E-state index in [0.717, 1.165) is 18.6 Å². The van der Waals surface area contributed by atoms with Gasteiger partial charge in [-0.25, -0.2) is 12.8 Å². The highest BCUT2D eigenvalue weighted by molar-refractivity contribution is 8.13. The lowest BCUT2D eigenvalue weighted by molar-refractivity contribution is 0.0948. The molecule has 0 spiro atoms. The van der Waals surface area contributed by atoms with Gasteiger partial charge in [-0.2, -0.15) is 0 Å². The topological polar surface area (TPSA) is 63.2 Å². The highest BCUT2D eigenvalue weighted by Crippen LogP contribution is 2.30. The van der Waals surface area contributed by atoms with E-state index in [1.54, 1.807) is 0 Å². The lowest BCUT2D eigenvalue weighted by Crippen LogP contribution is -2.27. The van der Waals surface area contributed by atoms with Gasteiger partial charge in [0.05, 0.1) is 4.90 Å². The van der Waals surface area contributed by atoms with Crippen molar-refractivity contribution < 1.29 is 17.6 Å². The molecule has 1 aromatic carbocycles. The van der Waals surface area contributed by atoms with Crippen LogP contribution < -0.4 is 5.32 Å². The minimum absolute atomic E-state index is 0.00155. The Balaban J connectivity index is 2.40. The van der Waals surface area contributed by atoms with Crippen molar-refractivity contribution >= 4 is 25.6 Å². The van der Waals surface area contributed by atoms with E-state index >= 15 is 0 Å². The van der Waals surface area contributed by atoms with Gasteiger partial charge in [0.25, 0.3) is 15.0 Å². The summed E-state index contributed by atoms with van der Waals surface area (Å²) in [6.45, 7) is 3.41. The fraction of sp³-hybridized carbons (Fsp3) is 0.417. The molecule has 1 aromatic rings. The van der Waals surface area contributed by atoms with Crippen LogP contribution in [0.5, 0.6) is 0 Å². The Bertz CT molecular complexity index is 645. The standard InChI is InChI=1S/C12H13ClFNO3S/c1-6-3-10(6)15-12(16)9-4-8(14)5-11(7(9)2)19(13,17)18/h4-6,10H,3H2,1-2H3,(H,15,16). The van der Waals surface area contributed by atoms with Gasteiger partial charge in [-0.05, 0) is 37.0 Å². The summed E-state index contributed by atoms with van der Waals surface area (Å²) < 4.78 is 36.1. The first kappa shape index (κ1) is 14.3. The zero-order valence-corrected chi connectivity index (χ0v) is 12.0. The molecule has 1 fully saturated rings. The van der Waals surface area contributed by atoms with Crippen molar-refractivity contribution in [1.82, 2.24) is 5.32 Å². The predicted molar refractivity (Wildman–Crippen MR) is 69.2 cm³/mol. The smallest absolute Gasteiger partial charge is 0.261 e. The van der Waals surface area contributed by atoms with Crippen LogP contribution in [0.1, 0.15) is 29.3 Å². The molecule has 1 aliphatic carbocycles. The third-order valence-corrected chi connectivity index (χ3v) is 4.71. The first-order valence-corrected chi connectivity index (χ1v) is 8.06. The number of amides is 1. The molecule has 0 saturated heterocycles. The van der Waals surface area contributed by atoms with Crippen LogP contribution >= 0.6 is 10.7 Å². The molecule has 0 aromatic heterocycles. The molecule has 2 atom stereocenters. The Hall–Kier alpha value is -1.14. The molecule has 1 saturated carbocycles. The molecule has 4 nitrogen and oxygen atoms in total. The lowest BCUT2D eigenvalue weighted by Gasteiger charge is -2.10. The molecule has 19 heavy (non-hydrogen) atoms.